The van der Waals surface area contributed by atoms with Crippen LogP contribution < -0.4 is 10.1 Å². The summed E-state index contributed by atoms with van der Waals surface area (Å²) in [5.74, 6) is 0.989. The lowest BCUT2D eigenvalue weighted by molar-refractivity contribution is 0.0895. The highest BCUT2D eigenvalue weighted by molar-refractivity contribution is 6.34. The molecule has 104 valence electrons. The zero-order valence-corrected chi connectivity index (χ0v) is 12.0. The number of ether oxygens (including phenoxy) is 1. The van der Waals surface area contributed by atoms with Crippen LogP contribution in [0.4, 0.5) is 0 Å². The molecular formula is C15H20ClNO2. The number of hydrogen-bond acceptors (Lipinski definition) is 3. The van der Waals surface area contributed by atoms with Gasteiger partial charge in [-0.2, -0.15) is 0 Å². The number of Topliss-reactive ketones (excluding diaryl/α,β-unsaturated/α-hetero) is 1. The van der Waals surface area contributed by atoms with E-state index in [0.717, 1.165) is 38.1 Å². The van der Waals surface area contributed by atoms with Crippen molar-refractivity contribution in [2.24, 2.45) is 5.92 Å². The minimum absolute atomic E-state index is 0.0983. The molecule has 1 aliphatic heterocycles. The van der Waals surface area contributed by atoms with Crippen LogP contribution in [0.3, 0.4) is 0 Å². The molecular weight excluding hydrogens is 262 g/mol. The van der Waals surface area contributed by atoms with Gasteiger partial charge in [0.05, 0.1) is 11.6 Å². The third-order valence-electron chi connectivity index (χ3n) is 3.39. The highest BCUT2D eigenvalue weighted by Crippen LogP contribution is 2.27. The van der Waals surface area contributed by atoms with E-state index in [1.807, 2.05) is 6.07 Å². The highest BCUT2D eigenvalue weighted by atomic mass is 35.5. The van der Waals surface area contributed by atoms with E-state index >= 15 is 0 Å². The van der Waals surface area contributed by atoms with E-state index < -0.39 is 0 Å². The van der Waals surface area contributed by atoms with Crippen molar-refractivity contribution in [1.82, 2.24) is 5.32 Å². The molecule has 4 heteroatoms. The fourth-order valence-corrected chi connectivity index (χ4v) is 2.57. The number of ketones is 1. The van der Waals surface area contributed by atoms with Crippen LogP contribution in [-0.2, 0) is 0 Å². The first-order valence-electron chi connectivity index (χ1n) is 6.89. The molecule has 0 aliphatic carbocycles. The van der Waals surface area contributed by atoms with Crippen molar-refractivity contribution < 1.29 is 9.53 Å². The lowest BCUT2D eigenvalue weighted by Gasteiger charge is -2.21. The maximum absolute atomic E-state index is 12.4. The molecule has 0 spiro atoms. The Morgan fingerprint density at radius 3 is 2.79 bits per heavy atom. The first-order chi connectivity index (χ1) is 9.22. The molecule has 1 aliphatic rings. The molecule has 0 unspecified atom stereocenters. The molecule has 0 amide bonds. The van der Waals surface area contributed by atoms with Gasteiger partial charge in [-0.1, -0.05) is 18.5 Å². The normalized spacial score (nSPS) is 16.3. The summed E-state index contributed by atoms with van der Waals surface area (Å²) >= 11 is 6.21. The van der Waals surface area contributed by atoms with Gasteiger partial charge in [-0.15, -0.1) is 0 Å². The van der Waals surface area contributed by atoms with Crippen LogP contribution in [0.15, 0.2) is 18.2 Å². The van der Waals surface area contributed by atoms with Gasteiger partial charge in [-0.05, 0) is 50.6 Å². The van der Waals surface area contributed by atoms with Crippen LogP contribution in [0.25, 0.3) is 0 Å². The summed E-state index contributed by atoms with van der Waals surface area (Å²) in [5, 5.41) is 3.76. The van der Waals surface area contributed by atoms with Crippen molar-refractivity contribution in [1.29, 1.82) is 0 Å². The molecule has 0 atom stereocenters. The molecule has 0 radical (unpaired) electrons. The Bertz CT molecular complexity index is 442. The van der Waals surface area contributed by atoms with E-state index in [4.69, 9.17) is 16.3 Å². The number of carbonyl (C=O) groups excluding carboxylic acids is 1. The van der Waals surface area contributed by atoms with Crippen LogP contribution in [0.2, 0.25) is 5.02 Å². The van der Waals surface area contributed by atoms with E-state index in [9.17, 15) is 4.79 Å². The van der Waals surface area contributed by atoms with Crippen molar-refractivity contribution in [3.05, 3.63) is 28.8 Å². The molecule has 1 heterocycles. The predicted octanol–water partition coefficient (Wildman–Crippen LogP) is 3.31. The van der Waals surface area contributed by atoms with Gasteiger partial charge in [-0.3, -0.25) is 4.79 Å². The Morgan fingerprint density at radius 2 is 2.16 bits per heavy atom. The topological polar surface area (TPSA) is 38.3 Å². The standard InChI is InChI=1S/C15H20ClNO2/c1-2-9-19-12-3-4-13(14(16)10-12)15(18)11-5-7-17-8-6-11/h3-4,10-11,17H,2,5-9H2,1H3. The predicted molar refractivity (Wildman–Crippen MR) is 77.2 cm³/mol. The average Bonchev–Trinajstić information content (AvgIpc) is 2.45. The largest absolute Gasteiger partial charge is 0.494 e. The Morgan fingerprint density at radius 1 is 1.42 bits per heavy atom. The van der Waals surface area contributed by atoms with Crippen LogP contribution in [-0.4, -0.2) is 25.5 Å². The van der Waals surface area contributed by atoms with Crippen molar-refractivity contribution in [3.63, 3.8) is 0 Å². The Kier molecular flexibility index (Phi) is 5.23. The van der Waals surface area contributed by atoms with Crippen molar-refractivity contribution in [3.8, 4) is 5.75 Å². The third-order valence-corrected chi connectivity index (χ3v) is 3.70. The Balaban J connectivity index is 2.09. The van der Waals surface area contributed by atoms with E-state index in [1.165, 1.54) is 0 Å². The average molecular weight is 282 g/mol. The second-order valence-electron chi connectivity index (χ2n) is 4.88. The van der Waals surface area contributed by atoms with Gasteiger partial charge in [-0.25, -0.2) is 0 Å². The minimum atomic E-state index is 0.0983. The maximum atomic E-state index is 12.4. The van der Waals surface area contributed by atoms with E-state index in [2.05, 4.69) is 12.2 Å². The number of nitrogens with one attached hydrogen (secondary N) is 1. The molecule has 0 saturated carbocycles. The van der Waals surface area contributed by atoms with E-state index in [-0.39, 0.29) is 11.7 Å². The molecule has 1 fully saturated rings. The lowest BCUT2D eigenvalue weighted by atomic mass is 9.89. The Labute approximate surface area is 119 Å². The molecule has 1 N–H and O–H groups in total. The van der Waals surface area contributed by atoms with Crippen LogP contribution >= 0.6 is 11.6 Å². The molecule has 0 bridgehead atoms. The second-order valence-corrected chi connectivity index (χ2v) is 5.29. The lowest BCUT2D eigenvalue weighted by Crippen LogP contribution is -2.32. The van der Waals surface area contributed by atoms with E-state index in [0.29, 0.717) is 17.2 Å². The monoisotopic (exact) mass is 281 g/mol. The number of hydrogen-bond donors (Lipinski definition) is 1. The van der Waals surface area contributed by atoms with Gasteiger partial charge in [0.15, 0.2) is 5.78 Å². The zero-order valence-electron chi connectivity index (χ0n) is 11.2. The first-order valence-corrected chi connectivity index (χ1v) is 7.27. The molecule has 2 rings (SSSR count). The number of carbonyl (C=O) groups is 1. The number of halogens is 1. The summed E-state index contributed by atoms with van der Waals surface area (Å²) in [6.45, 7) is 4.53. The third kappa shape index (κ3) is 3.71. The summed E-state index contributed by atoms with van der Waals surface area (Å²) in [6.07, 6.45) is 2.74. The maximum Gasteiger partial charge on any atom is 0.167 e. The van der Waals surface area contributed by atoms with Crippen molar-refractivity contribution >= 4 is 17.4 Å². The summed E-state index contributed by atoms with van der Waals surface area (Å²) in [6, 6.07) is 5.36. The first kappa shape index (κ1) is 14.4. The fraction of sp³-hybridized carbons (Fsp3) is 0.533. The van der Waals surface area contributed by atoms with Gasteiger partial charge in [0.25, 0.3) is 0 Å². The number of rotatable bonds is 5. The highest BCUT2D eigenvalue weighted by Gasteiger charge is 2.23. The molecule has 1 saturated heterocycles. The summed E-state index contributed by atoms with van der Waals surface area (Å²) in [4.78, 5) is 12.4. The molecule has 19 heavy (non-hydrogen) atoms. The van der Waals surface area contributed by atoms with Crippen LogP contribution in [0.1, 0.15) is 36.5 Å². The zero-order chi connectivity index (χ0) is 13.7. The van der Waals surface area contributed by atoms with Gasteiger partial charge in [0.2, 0.25) is 0 Å². The van der Waals surface area contributed by atoms with Gasteiger partial charge in [0.1, 0.15) is 5.75 Å². The van der Waals surface area contributed by atoms with Crippen molar-refractivity contribution in [2.75, 3.05) is 19.7 Å². The SMILES string of the molecule is CCCOc1ccc(C(=O)C2CCNCC2)c(Cl)c1. The van der Waals surface area contributed by atoms with Gasteiger partial charge >= 0.3 is 0 Å². The Hall–Kier alpha value is -1.06. The molecule has 0 aromatic heterocycles. The quantitative estimate of drug-likeness (QED) is 0.842. The summed E-state index contributed by atoms with van der Waals surface area (Å²) in [7, 11) is 0. The second kappa shape index (κ2) is 6.92. The van der Waals surface area contributed by atoms with E-state index in [1.54, 1.807) is 12.1 Å². The fourth-order valence-electron chi connectivity index (χ4n) is 2.31. The minimum Gasteiger partial charge on any atom is -0.494 e. The summed E-state index contributed by atoms with van der Waals surface area (Å²) < 4.78 is 5.51. The van der Waals surface area contributed by atoms with Crippen LogP contribution in [0, 0.1) is 5.92 Å². The summed E-state index contributed by atoms with van der Waals surface area (Å²) in [5.41, 5.74) is 0.623. The molecule has 1 aromatic carbocycles. The van der Waals surface area contributed by atoms with Crippen LogP contribution in [0.5, 0.6) is 5.75 Å². The van der Waals surface area contributed by atoms with Crippen molar-refractivity contribution in [2.45, 2.75) is 26.2 Å². The number of piperidine rings is 1. The smallest absolute Gasteiger partial charge is 0.167 e. The van der Waals surface area contributed by atoms with Gasteiger partial charge < -0.3 is 10.1 Å². The number of benzene rings is 1. The van der Waals surface area contributed by atoms with Gasteiger partial charge in [0, 0.05) is 11.5 Å². The molecule has 3 nitrogen and oxygen atoms in total. The molecule has 1 aromatic rings.